The third-order valence-electron chi connectivity index (χ3n) is 3.69. The van der Waals surface area contributed by atoms with Crippen LogP contribution >= 0.6 is 0 Å². The summed E-state index contributed by atoms with van der Waals surface area (Å²) in [6.45, 7) is 4.00. The number of para-hydroxylation sites is 1. The Labute approximate surface area is 127 Å². The molecular weight excluding hydrogens is 284 g/mol. The van der Waals surface area contributed by atoms with Crippen molar-refractivity contribution in [1.82, 2.24) is 14.9 Å². The zero-order chi connectivity index (χ0) is 15.4. The number of morpholine rings is 1. The van der Waals surface area contributed by atoms with Gasteiger partial charge in [-0.3, -0.25) is 14.7 Å². The van der Waals surface area contributed by atoms with E-state index >= 15 is 0 Å². The average Bonchev–Trinajstić information content (AvgIpc) is 2.54. The summed E-state index contributed by atoms with van der Waals surface area (Å²) in [7, 11) is 0. The first-order chi connectivity index (χ1) is 10.7. The summed E-state index contributed by atoms with van der Waals surface area (Å²) in [4.78, 5) is 21.1. The van der Waals surface area contributed by atoms with Crippen LogP contribution in [0, 0.1) is 0 Å². The number of anilines is 1. The molecule has 7 nitrogen and oxygen atoms in total. The Balaban J connectivity index is 1.60. The lowest BCUT2D eigenvalue weighted by Crippen LogP contribution is -2.42. The highest BCUT2D eigenvalue weighted by atomic mass is 16.5. The molecule has 1 aromatic heterocycles. The summed E-state index contributed by atoms with van der Waals surface area (Å²) in [5.74, 6) is 0.379. The fraction of sp³-hybridized carbons (Fsp3) is 0.467. The van der Waals surface area contributed by atoms with Crippen LogP contribution in [0.4, 0.5) is 5.95 Å². The molecular formula is C15H20N4O3. The summed E-state index contributed by atoms with van der Waals surface area (Å²) in [5, 5.41) is 13.6. The molecule has 22 heavy (non-hydrogen) atoms. The zero-order valence-electron chi connectivity index (χ0n) is 12.3. The summed E-state index contributed by atoms with van der Waals surface area (Å²) >= 11 is 0. The third kappa shape index (κ3) is 3.62. The molecule has 1 unspecified atom stereocenters. The molecule has 1 aromatic carbocycles. The van der Waals surface area contributed by atoms with Crippen LogP contribution in [0.2, 0.25) is 0 Å². The van der Waals surface area contributed by atoms with Gasteiger partial charge >= 0.3 is 0 Å². The maximum absolute atomic E-state index is 11.9. The topological polar surface area (TPSA) is 90.5 Å². The number of β-amino-alcohol motifs (C(OH)–C–C–N with tert-alkyl or cyclic N) is 1. The molecule has 118 valence electrons. The molecule has 1 saturated heterocycles. The molecule has 7 heteroatoms. The lowest BCUT2D eigenvalue weighted by atomic mass is 10.2. The lowest BCUT2D eigenvalue weighted by Gasteiger charge is -2.28. The summed E-state index contributed by atoms with van der Waals surface area (Å²) in [5.41, 5.74) is 0.451. The van der Waals surface area contributed by atoms with Crippen molar-refractivity contribution in [1.29, 1.82) is 0 Å². The first kappa shape index (κ1) is 15.0. The number of rotatable bonds is 5. The molecule has 3 N–H and O–H groups in total. The number of aromatic nitrogens is 2. The van der Waals surface area contributed by atoms with Crippen LogP contribution in [0.1, 0.15) is 0 Å². The van der Waals surface area contributed by atoms with Crippen molar-refractivity contribution < 1.29 is 9.84 Å². The number of aliphatic hydroxyl groups is 1. The van der Waals surface area contributed by atoms with Gasteiger partial charge in [0.05, 0.1) is 30.2 Å². The van der Waals surface area contributed by atoms with Crippen LogP contribution in [0.5, 0.6) is 0 Å². The van der Waals surface area contributed by atoms with Gasteiger partial charge in [0.25, 0.3) is 5.56 Å². The van der Waals surface area contributed by atoms with Crippen LogP contribution in [0.25, 0.3) is 10.9 Å². The predicted octanol–water partition coefficient (Wildman–Crippen LogP) is 0.0281. The monoisotopic (exact) mass is 304 g/mol. The van der Waals surface area contributed by atoms with Gasteiger partial charge in [-0.1, -0.05) is 12.1 Å². The van der Waals surface area contributed by atoms with E-state index in [1.165, 1.54) is 0 Å². The van der Waals surface area contributed by atoms with E-state index in [0.29, 0.717) is 43.2 Å². The number of nitrogens with one attached hydrogen (secondary N) is 2. The number of hydrogen-bond donors (Lipinski definition) is 3. The van der Waals surface area contributed by atoms with Gasteiger partial charge in [0, 0.05) is 26.2 Å². The van der Waals surface area contributed by atoms with Crippen molar-refractivity contribution in [3.63, 3.8) is 0 Å². The average molecular weight is 304 g/mol. The number of hydrogen-bond acceptors (Lipinski definition) is 6. The fourth-order valence-electron chi connectivity index (χ4n) is 2.53. The molecule has 0 bridgehead atoms. The van der Waals surface area contributed by atoms with E-state index in [1.54, 1.807) is 18.2 Å². The van der Waals surface area contributed by atoms with Crippen LogP contribution in [-0.4, -0.2) is 65.5 Å². The Morgan fingerprint density at radius 1 is 1.36 bits per heavy atom. The molecule has 2 heterocycles. The normalized spacial score (nSPS) is 17.5. The number of ether oxygens (including phenoxy) is 1. The quantitative estimate of drug-likeness (QED) is 0.722. The third-order valence-corrected chi connectivity index (χ3v) is 3.69. The van der Waals surface area contributed by atoms with E-state index < -0.39 is 6.10 Å². The van der Waals surface area contributed by atoms with Crippen LogP contribution < -0.4 is 10.9 Å². The van der Waals surface area contributed by atoms with Gasteiger partial charge in [-0.15, -0.1) is 0 Å². The largest absolute Gasteiger partial charge is 0.390 e. The molecule has 0 radical (unpaired) electrons. The fourth-order valence-corrected chi connectivity index (χ4v) is 2.53. The second kappa shape index (κ2) is 6.87. The minimum absolute atomic E-state index is 0.184. The van der Waals surface area contributed by atoms with Crippen molar-refractivity contribution in [2.24, 2.45) is 0 Å². The molecule has 1 aliphatic rings. The summed E-state index contributed by atoms with van der Waals surface area (Å²) < 4.78 is 5.28. The van der Waals surface area contributed by atoms with E-state index in [0.717, 1.165) is 13.1 Å². The standard InChI is InChI=1S/C15H20N4O3/c20-11(10-19-5-7-22-8-6-19)9-16-15-17-13-4-2-1-3-12(13)14(21)18-15/h1-4,11,20H,5-10H2,(H2,16,17,18,21). The van der Waals surface area contributed by atoms with Crippen molar-refractivity contribution in [3.8, 4) is 0 Å². The number of aromatic amines is 1. The Kier molecular flexibility index (Phi) is 4.67. The van der Waals surface area contributed by atoms with Gasteiger partial charge in [0.2, 0.25) is 5.95 Å². The summed E-state index contributed by atoms with van der Waals surface area (Å²) in [6.07, 6.45) is -0.533. The maximum Gasteiger partial charge on any atom is 0.260 e. The van der Waals surface area contributed by atoms with Crippen molar-refractivity contribution in [2.75, 3.05) is 44.7 Å². The summed E-state index contributed by atoms with van der Waals surface area (Å²) in [6, 6.07) is 7.17. The van der Waals surface area contributed by atoms with Gasteiger partial charge in [0.1, 0.15) is 0 Å². The van der Waals surface area contributed by atoms with Gasteiger partial charge < -0.3 is 15.2 Å². The Bertz CT molecular complexity index is 682. The van der Waals surface area contributed by atoms with E-state index in [4.69, 9.17) is 4.74 Å². The van der Waals surface area contributed by atoms with Gasteiger partial charge in [-0.25, -0.2) is 4.98 Å². The highest BCUT2D eigenvalue weighted by molar-refractivity contribution is 5.78. The predicted molar refractivity (Wildman–Crippen MR) is 84.1 cm³/mol. The SMILES string of the molecule is O=c1[nH]c(NCC(O)CN2CCOCC2)nc2ccccc12. The Morgan fingerprint density at radius 2 is 2.14 bits per heavy atom. The van der Waals surface area contributed by atoms with Crippen LogP contribution in [0.15, 0.2) is 29.1 Å². The highest BCUT2D eigenvalue weighted by Gasteiger charge is 2.15. The molecule has 3 rings (SSSR count). The smallest absolute Gasteiger partial charge is 0.260 e. The van der Waals surface area contributed by atoms with E-state index in [9.17, 15) is 9.90 Å². The molecule has 1 fully saturated rings. The number of nitrogens with zero attached hydrogens (tertiary/aromatic N) is 2. The number of aliphatic hydroxyl groups excluding tert-OH is 1. The Hall–Kier alpha value is -1.96. The molecule has 2 aromatic rings. The molecule has 1 atom stereocenters. The first-order valence-electron chi connectivity index (χ1n) is 7.43. The molecule has 0 amide bonds. The molecule has 0 saturated carbocycles. The van der Waals surface area contributed by atoms with Crippen molar-refractivity contribution in [3.05, 3.63) is 34.6 Å². The second-order valence-corrected chi connectivity index (χ2v) is 5.38. The number of fused-ring (bicyclic) bond motifs is 1. The minimum Gasteiger partial charge on any atom is -0.390 e. The number of H-pyrrole nitrogens is 1. The van der Waals surface area contributed by atoms with Crippen molar-refractivity contribution >= 4 is 16.9 Å². The zero-order valence-corrected chi connectivity index (χ0v) is 12.3. The van der Waals surface area contributed by atoms with Crippen molar-refractivity contribution in [2.45, 2.75) is 6.10 Å². The van der Waals surface area contributed by atoms with Crippen LogP contribution in [-0.2, 0) is 4.74 Å². The highest BCUT2D eigenvalue weighted by Crippen LogP contribution is 2.08. The van der Waals surface area contributed by atoms with Gasteiger partial charge in [-0.2, -0.15) is 0 Å². The molecule has 1 aliphatic heterocycles. The maximum atomic E-state index is 11.9. The first-order valence-corrected chi connectivity index (χ1v) is 7.43. The number of benzene rings is 1. The van der Waals surface area contributed by atoms with Gasteiger partial charge in [0.15, 0.2) is 0 Å². The van der Waals surface area contributed by atoms with E-state index in [1.807, 2.05) is 6.07 Å². The minimum atomic E-state index is -0.533. The lowest BCUT2D eigenvalue weighted by molar-refractivity contribution is 0.0171. The second-order valence-electron chi connectivity index (χ2n) is 5.38. The molecule has 0 aliphatic carbocycles. The van der Waals surface area contributed by atoms with E-state index in [-0.39, 0.29) is 5.56 Å². The molecule has 0 spiro atoms. The van der Waals surface area contributed by atoms with E-state index in [2.05, 4.69) is 20.2 Å². The van der Waals surface area contributed by atoms with Crippen LogP contribution in [0.3, 0.4) is 0 Å². The van der Waals surface area contributed by atoms with Gasteiger partial charge in [-0.05, 0) is 12.1 Å². The Morgan fingerprint density at radius 3 is 2.95 bits per heavy atom.